The highest BCUT2D eigenvalue weighted by molar-refractivity contribution is 6.29. The molecule has 1 aliphatic rings. The minimum Gasteiger partial charge on any atom is -0.365 e. The molecule has 0 unspecified atom stereocenters. The number of nitrogens with zero attached hydrogens (tertiary/aromatic N) is 3. The first-order chi connectivity index (χ1) is 13.3. The summed E-state index contributed by atoms with van der Waals surface area (Å²) in [5.41, 5.74) is 1.71. The van der Waals surface area contributed by atoms with Crippen LogP contribution >= 0.6 is 11.6 Å². The summed E-state index contributed by atoms with van der Waals surface area (Å²) < 4.78 is 1.45. The van der Waals surface area contributed by atoms with Gasteiger partial charge in [-0.05, 0) is 64.5 Å². The van der Waals surface area contributed by atoms with Crippen LogP contribution in [0.3, 0.4) is 0 Å². The third-order valence-corrected chi connectivity index (χ3v) is 4.78. The van der Waals surface area contributed by atoms with Crippen molar-refractivity contribution in [3.05, 3.63) is 51.0 Å². The van der Waals surface area contributed by atoms with Crippen molar-refractivity contribution in [2.45, 2.75) is 32.2 Å². The van der Waals surface area contributed by atoms with Gasteiger partial charge in [-0.25, -0.2) is 4.98 Å². The fraction of sp³-hybridized carbons (Fsp3) is 0.450. The van der Waals surface area contributed by atoms with Gasteiger partial charge in [-0.1, -0.05) is 17.7 Å². The molecule has 7 nitrogen and oxygen atoms in total. The van der Waals surface area contributed by atoms with E-state index in [0.29, 0.717) is 17.8 Å². The molecule has 1 aromatic heterocycles. The number of hydrogen-bond donors (Lipinski definition) is 2. The van der Waals surface area contributed by atoms with Crippen LogP contribution in [-0.2, 0) is 0 Å². The molecule has 1 heterocycles. The summed E-state index contributed by atoms with van der Waals surface area (Å²) in [6.07, 6.45) is 4.40. The quantitative estimate of drug-likeness (QED) is 0.662. The minimum atomic E-state index is -0.294. The van der Waals surface area contributed by atoms with Gasteiger partial charge in [0, 0.05) is 18.2 Å². The molecule has 3 rings (SSSR count). The van der Waals surface area contributed by atoms with Crippen molar-refractivity contribution < 1.29 is 4.79 Å². The highest BCUT2D eigenvalue weighted by Gasteiger charge is 2.24. The number of carbonyl (C=O) groups excluding carboxylic acids is 1. The Balaban J connectivity index is 1.87. The third-order valence-electron chi connectivity index (χ3n) is 4.59. The molecule has 1 amide bonds. The van der Waals surface area contributed by atoms with Crippen molar-refractivity contribution in [2.75, 3.05) is 32.5 Å². The minimum absolute atomic E-state index is 0.126. The number of benzene rings is 1. The Hall–Kier alpha value is -2.38. The lowest BCUT2D eigenvalue weighted by molar-refractivity contribution is 0.0951. The molecule has 0 spiro atoms. The number of aryl methyl sites for hydroxylation is 1. The Labute approximate surface area is 169 Å². The van der Waals surface area contributed by atoms with Gasteiger partial charge in [-0.2, -0.15) is 0 Å². The van der Waals surface area contributed by atoms with Crippen LogP contribution in [0.5, 0.6) is 0 Å². The van der Waals surface area contributed by atoms with Crippen LogP contribution in [0.15, 0.2) is 29.2 Å². The van der Waals surface area contributed by atoms with Gasteiger partial charge in [0.2, 0.25) is 0 Å². The highest BCUT2D eigenvalue weighted by atomic mass is 35.5. The van der Waals surface area contributed by atoms with Gasteiger partial charge >= 0.3 is 0 Å². The van der Waals surface area contributed by atoms with E-state index in [2.05, 4.69) is 20.5 Å². The van der Waals surface area contributed by atoms with Gasteiger partial charge in [-0.3, -0.25) is 14.2 Å². The number of halogens is 1. The summed E-state index contributed by atoms with van der Waals surface area (Å²) in [5, 5.41) is 6.25. The summed E-state index contributed by atoms with van der Waals surface area (Å²) in [6, 6.07) is 5.60. The van der Waals surface area contributed by atoms with Crippen molar-refractivity contribution in [1.29, 1.82) is 0 Å². The molecule has 0 radical (unpaired) electrons. The monoisotopic (exact) mass is 403 g/mol. The van der Waals surface area contributed by atoms with E-state index >= 15 is 0 Å². The zero-order chi connectivity index (χ0) is 20.3. The molecule has 1 saturated carbocycles. The zero-order valence-electron chi connectivity index (χ0n) is 16.5. The summed E-state index contributed by atoms with van der Waals surface area (Å²) in [6.45, 7) is 3.41. The average Bonchev–Trinajstić information content (AvgIpc) is 3.45. The molecule has 150 valence electrons. The molecular weight excluding hydrogens is 378 g/mol. The maximum Gasteiger partial charge on any atom is 0.297 e. The fourth-order valence-electron chi connectivity index (χ4n) is 2.87. The van der Waals surface area contributed by atoms with E-state index in [0.717, 1.165) is 31.4 Å². The molecule has 1 aliphatic carbocycles. The average molecular weight is 404 g/mol. The van der Waals surface area contributed by atoms with E-state index in [1.807, 2.05) is 27.1 Å². The lowest BCUT2D eigenvalue weighted by atomic mass is 10.1. The van der Waals surface area contributed by atoms with Crippen LogP contribution in [-0.4, -0.2) is 53.6 Å². The number of amides is 1. The van der Waals surface area contributed by atoms with E-state index < -0.39 is 0 Å². The maximum atomic E-state index is 12.9. The lowest BCUT2D eigenvalue weighted by Gasteiger charge is -2.14. The highest BCUT2D eigenvalue weighted by Crippen LogP contribution is 2.21. The van der Waals surface area contributed by atoms with Gasteiger partial charge in [0.15, 0.2) is 5.82 Å². The molecule has 8 heteroatoms. The van der Waals surface area contributed by atoms with Crippen molar-refractivity contribution in [3.8, 4) is 5.69 Å². The summed E-state index contributed by atoms with van der Waals surface area (Å²) in [4.78, 5) is 31.5. The van der Waals surface area contributed by atoms with E-state index in [1.165, 1.54) is 10.8 Å². The number of carbonyl (C=O) groups is 1. The molecule has 2 aromatic rings. The Kier molecular flexibility index (Phi) is 6.36. The van der Waals surface area contributed by atoms with Crippen LogP contribution in [0.25, 0.3) is 5.69 Å². The van der Waals surface area contributed by atoms with Gasteiger partial charge in [0.05, 0.1) is 11.9 Å². The Morgan fingerprint density at radius 2 is 2.11 bits per heavy atom. The van der Waals surface area contributed by atoms with Crippen LogP contribution < -0.4 is 16.2 Å². The SMILES string of the molecule is Cc1ccc(C(=O)NC2CC2)cc1-n1cc(Cl)nc(NCCCN(C)C)c1=O. The molecule has 1 aromatic carbocycles. The first-order valence-corrected chi connectivity index (χ1v) is 9.82. The van der Waals surface area contributed by atoms with Crippen molar-refractivity contribution in [3.63, 3.8) is 0 Å². The molecule has 28 heavy (non-hydrogen) atoms. The molecular formula is C20H26ClN5O2. The second-order valence-electron chi connectivity index (χ2n) is 7.42. The van der Waals surface area contributed by atoms with E-state index in [1.54, 1.807) is 12.1 Å². The topological polar surface area (TPSA) is 79.3 Å². The normalized spacial score (nSPS) is 13.6. The molecule has 2 N–H and O–H groups in total. The van der Waals surface area contributed by atoms with Crippen molar-refractivity contribution in [1.82, 2.24) is 19.8 Å². The maximum absolute atomic E-state index is 12.9. The standard InChI is InChI=1S/C20H26ClN5O2/c1-13-5-6-14(19(27)23-15-7-8-15)11-16(13)26-12-17(21)24-18(20(26)28)22-9-4-10-25(2)3/h5-6,11-12,15H,4,7-10H2,1-3H3,(H,22,24)(H,23,27). The smallest absolute Gasteiger partial charge is 0.297 e. The van der Waals surface area contributed by atoms with E-state index in [4.69, 9.17) is 11.6 Å². The van der Waals surface area contributed by atoms with Gasteiger partial charge in [0.25, 0.3) is 11.5 Å². The Bertz CT molecular complexity index is 921. The molecule has 1 fully saturated rings. The van der Waals surface area contributed by atoms with E-state index in [9.17, 15) is 9.59 Å². The number of hydrogen-bond acceptors (Lipinski definition) is 5. The van der Waals surface area contributed by atoms with Crippen LogP contribution in [0.4, 0.5) is 5.82 Å². The van der Waals surface area contributed by atoms with Gasteiger partial charge in [-0.15, -0.1) is 0 Å². The summed E-state index contributed by atoms with van der Waals surface area (Å²) >= 11 is 6.17. The van der Waals surface area contributed by atoms with Gasteiger partial charge in [0.1, 0.15) is 5.15 Å². The second kappa shape index (κ2) is 8.75. The number of rotatable bonds is 8. The first-order valence-electron chi connectivity index (χ1n) is 9.45. The third kappa shape index (κ3) is 5.11. The molecule has 0 bridgehead atoms. The predicted molar refractivity (Wildman–Crippen MR) is 112 cm³/mol. The molecule has 0 saturated heterocycles. The zero-order valence-corrected chi connectivity index (χ0v) is 17.2. The largest absolute Gasteiger partial charge is 0.365 e. The second-order valence-corrected chi connectivity index (χ2v) is 7.81. The molecule has 0 atom stereocenters. The van der Waals surface area contributed by atoms with Gasteiger partial charge < -0.3 is 15.5 Å². The van der Waals surface area contributed by atoms with E-state index in [-0.39, 0.29) is 28.5 Å². The Morgan fingerprint density at radius 1 is 1.36 bits per heavy atom. The number of aromatic nitrogens is 2. The Morgan fingerprint density at radius 3 is 2.79 bits per heavy atom. The predicted octanol–water partition coefficient (Wildman–Crippen LogP) is 2.45. The number of nitrogens with one attached hydrogen (secondary N) is 2. The van der Waals surface area contributed by atoms with Crippen molar-refractivity contribution >= 4 is 23.3 Å². The number of anilines is 1. The first kappa shape index (κ1) is 20.4. The summed E-state index contributed by atoms with van der Waals surface area (Å²) in [7, 11) is 4.00. The lowest BCUT2D eigenvalue weighted by Crippen LogP contribution is -2.27. The fourth-order valence-corrected chi connectivity index (χ4v) is 3.05. The molecule has 0 aliphatic heterocycles. The van der Waals surface area contributed by atoms with Crippen LogP contribution in [0.1, 0.15) is 35.2 Å². The summed E-state index contributed by atoms with van der Waals surface area (Å²) in [5.74, 6) is 0.0810. The van der Waals surface area contributed by atoms with Crippen molar-refractivity contribution in [2.24, 2.45) is 0 Å². The van der Waals surface area contributed by atoms with Crippen LogP contribution in [0.2, 0.25) is 5.15 Å². The van der Waals surface area contributed by atoms with Crippen LogP contribution in [0, 0.1) is 6.92 Å².